The average Bonchev–Trinajstić information content (AvgIpc) is 3.19. The van der Waals surface area contributed by atoms with Crippen molar-refractivity contribution in [3.05, 3.63) is 0 Å². The largest absolute Gasteiger partial charge is 0.444 e. The van der Waals surface area contributed by atoms with Gasteiger partial charge in [-0.15, -0.1) is 0 Å². The van der Waals surface area contributed by atoms with Crippen LogP contribution in [0.15, 0.2) is 0 Å². The number of likely N-dealkylation sites (N-methyl/N-ethyl adjacent to an activating group) is 1. The second-order valence-electron chi connectivity index (χ2n) is 12.5. The molecule has 206 valence electrons. The maximum atomic E-state index is 14.2. The van der Waals surface area contributed by atoms with Crippen molar-refractivity contribution in [1.82, 2.24) is 14.7 Å². The van der Waals surface area contributed by atoms with Crippen LogP contribution in [0.25, 0.3) is 0 Å². The lowest BCUT2D eigenvalue weighted by Crippen LogP contribution is -2.58. The van der Waals surface area contributed by atoms with Crippen LogP contribution in [0.5, 0.6) is 0 Å². The minimum Gasteiger partial charge on any atom is -0.444 e. The van der Waals surface area contributed by atoms with Gasteiger partial charge in [-0.25, -0.2) is 4.79 Å². The molecule has 0 radical (unpaired) electrons. The Labute approximate surface area is 217 Å². The smallest absolute Gasteiger partial charge is 0.411 e. The van der Waals surface area contributed by atoms with Gasteiger partial charge in [0.05, 0.1) is 6.04 Å². The Morgan fingerprint density at radius 2 is 1.53 bits per heavy atom. The lowest BCUT2D eigenvalue weighted by atomic mass is 9.73. The molecule has 1 aliphatic carbocycles. The Morgan fingerprint density at radius 3 is 1.94 bits per heavy atom. The van der Waals surface area contributed by atoms with E-state index in [1.54, 1.807) is 34.9 Å². The summed E-state index contributed by atoms with van der Waals surface area (Å²) in [5, 5.41) is 0. The van der Waals surface area contributed by atoms with E-state index in [0.29, 0.717) is 19.3 Å². The molecule has 1 aliphatic heterocycles. The number of hydrogen-bond acceptors (Lipinski definition) is 5. The van der Waals surface area contributed by atoms with Crippen molar-refractivity contribution >= 4 is 23.8 Å². The molecule has 2 N–H and O–H groups in total. The van der Waals surface area contributed by atoms with Gasteiger partial charge in [0.1, 0.15) is 17.1 Å². The van der Waals surface area contributed by atoms with E-state index in [9.17, 15) is 19.2 Å². The predicted molar refractivity (Wildman–Crippen MR) is 139 cm³/mol. The van der Waals surface area contributed by atoms with Gasteiger partial charge in [0.15, 0.2) is 0 Å². The standard InChI is InChI=1S/C27H48N4O5/c1-10-27(11-2,22(28)33)23(34)31(18-12-14-26(6,7)15-13-18)19-16-20(21(32)29(8)9)30(17-19)24(35)36-25(3,4)5/h18-20H,10-17H2,1-9H3,(H2,28,33)/t19-,20-/m0/s1. The molecule has 36 heavy (non-hydrogen) atoms. The van der Waals surface area contributed by atoms with Crippen LogP contribution in [0.3, 0.4) is 0 Å². The first-order valence-corrected chi connectivity index (χ1v) is 13.3. The Bertz CT molecular complexity index is 834. The molecule has 1 heterocycles. The van der Waals surface area contributed by atoms with Crippen LogP contribution in [0.1, 0.15) is 93.4 Å². The second kappa shape index (κ2) is 11.0. The molecule has 2 rings (SSSR count). The van der Waals surface area contributed by atoms with E-state index in [4.69, 9.17) is 10.5 Å². The summed E-state index contributed by atoms with van der Waals surface area (Å²) < 4.78 is 5.63. The van der Waals surface area contributed by atoms with Crippen molar-refractivity contribution in [3.63, 3.8) is 0 Å². The molecule has 9 heteroatoms. The predicted octanol–water partition coefficient (Wildman–Crippen LogP) is 3.54. The van der Waals surface area contributed by atoms with Gasteiger partial charge in [-0.3, -0.25) is 19.3 Å². The van der Waals surface area contributed by atoms with E-state index in [-0.39, 0.29) is 29.8 Å². The van der Waals surface area contributed by atoms with Crippen LogP contribution in [-0.4, -0.2) is 82.9 Å². The lowest BCUT2D eigenvalue weighted by Gasteiger charge is -2.45. The van der Waals surface area contributed by atoms with E-state index in [0.717, 1.165) is 25.7 Å². The number of carbonyl (C=O) groups excluding carboxylic acids is 4. The monoisotopic (exact) mass is 508 g/mol. The summed E-state index contributed by atoms with van der Waals surface area (Å²) in [6.07, 6.45) is 3.83. The zero-order valence-corrected chi connectivity index (χ0v) is 23.8. The fraction of sp³-hybridized carbons (Fsp3) is 0.852. The Kier molecular flexibility index (Phi) is 9.11. The second-order valence-corrected chi connectivity index (χ2v) is 12.5. The van der Waals surface area contributed by atoms with Gasteiger partial charge in [-0.05, 0) is 71.1 Å². The van der Waals surface area contributed by atoms with Gasteiger partial charge >= 0.3 is 6.09 Å². The van der Waals surface area contributed by atoms with Gasteiger partial charge < -0.3 is 20.3 Å². The fourth-order valence-electron chi connectivity index (χ4n) is 5.62. The van der Waals surface area contributed by atoms with E-state index in [1.807, 2.05) is 18.7 Å². The van der Waals surface area contributed by atoms with Gasteiger partial charge in [-0.2, -0.15) is 0 Å². The highest BCUT2D eigenvalue weighted by atomic mass is 16.6. The zero-order valence-electron chi connectivity index (χ0n) is 23.8. The number of ether oxygens (including phenoxy) is 1. The molecule has 1 saturated heterocycles. The Balaban J connectivity index is 2.51. The fourth-order valence-corrected chi connectivity index (χ4v) is 5.62. The number of amides is 4. The van der Waals surface area contributed by atoms with Crippen LogP contribution in [0.2, 0.25) is 0 Å². The van der Waals surface area contributed by atoms with E-state index < -0.39 is 35.1 Å². The topological polar surface area (TPSA) is 113 Å². The molecular formula is C27H48N4O5. The number of hydrogen-bond donors (Lipinski definition) is 1. The van der Waals surface area contributed by atoms with Gasteiger partial charge in [0.25, 0.3) is 0 Å². The first kappa shape index (κ1) is 29.9. The normalized spacial score (nSPS) is 22.8. The first-order chi connectivity index (χ1) is 16.5. The summed E-state index contributed by atoms with van der Waals surface area (Å²) in [6.45, 7) is 13.6. The maximum absolute atomic E-state index is 14.2. The molecule has 2 fully saturated rings. The highest BCUT2D eigenvalue weighted by Crippen LogP contribution is 2.41. The molecule has 0 spiro atoms. The van der Waals surface area contributed by atoms with Crippen LogP contribution in [0, 0.1) is 10.8 Å². The third kappa shape index (κ3) is 6.32. The molecule has 0 aromatic rings. The quantitative estimate of drug-likeness (QED) is 0.529. The number of nitrogens with two attached hydrogens (primary N) is 1. The molecular weight excluding hydrogens is 460 g/mol. The number of likely N-dealkylation sites (tertiary alicyclic amines) is 1. The molecule has 9 nitrogen and oxygen atoms in total. The van der Waals surface area contributed by atoms with Crippen molar-refractivity contribution in [2.24, 2.45) is 16.6 Å². The number of rotatable bonds is 7. The highest BCUT2D eigenvalue weighted by Gasteiger charge is 2.52. The Hall–Kier alpha value is -2.32. The third-order valence-corrected chi connectivity index (χ3v) is 8.05. The van der Waals surface area contributed by atoms with E-state index in [1.165, 1.54) is 9.80 Å². The molecule has 0 aromatic carbocycles. The van der Waals surface area contributed by atoms with Crippen molar-refractivity contribution in [2.45, 2.75) is 117 Å². The van der Waals surface area contributed by atoms with Crippen molar-refractivity contribution in [1.29, 1.82) is 0 Å². The summed E-state index contributed by atoms with van der Waals surface area (Å²) in [5.41, 5.74) is 3.98. The molecule has 2 atom stereocenters. The molecule has 0 unspecified atom stereocenters. The Morgan fingerprint density at radius 1 is 1.00 bits per heavy atom. The lowest BCUT2D eigenvalue weighted by molar-refractivity contribution is -0.155. The molecule has 1 saturated carbocycles. The van der Waals surface area contributed by atoms with Crippen LogP contribution >= 0.6 is 0 Å². The minimum absolute atomic E-state index is 0.0824. The molecule has 2 aliphatic rings. The number of primary amides is 1. The number of nitrogens with zero attached hydrogens (tertiary/aromatic N) is 3. The van der Waals surface area contributed by atoms with Gasteiger partial charge in [0, 0.05) is 26.7 Å². The molecule has 4 amide bonds. The molecule has 0 aromatic heterocycles. The van der Waals surface area contributed by atoms with Gasteiger partial charge in [0.2, 0.25) is 17.7 Å². The van der Waals surface area contributed by atoms with Crippen LogP contribution < -0.4 is 5.73 Å². The van der Waals surface area contributed by atoms with E-state index in [2.05, 4.69) is 13.8 Å². The average molecular weight is 509 g/mol. The van der Waals surface area contributed by atoms with Crippen molar-refractivity contribution in [2.75, 3.05) is 20.6 Å². The first-order valence-electron chi connectivity index (χ1n) is 13.3. The van der Waals surface area contributed by atoms with Crippen LogP contribution in [0.4, 0.5) is 4.79 Å². The third-order valence-electron chi connectivity index (χ3n) is 8.05. The highest BCUT2D eigenvalue weighted by molar-refractivity contribution is 6.04. The van der Waals surface area contributed by atoms with Crippen LogP contribution in [-0.2, 0) is 19.1 Å². The number of carbonyl (C=O) groups is 4. The summed E-state index contributed by atoms with van der Waals surface area (Å²) in [6, 6.07) is -1.25. The maximum Gasteiger partial charge on any atom is 0.411 e. The minimum atomic E-state index is -1.31. The van der Waals surface area contributed by atoms with Gasteiger partial charge in [-0.1, -0.05) is 27.7 Å². The SMILES string of the molecule is CCC(CC)(C(N)=O)C(=O)N(C1CCC(C)(C)CC1)[C@H]1C[C@@H](C(=O)N(C)C)N(C(=O)OC(C)(C)C)C1. The van der Waals surface area contributed by atoms with E-state index >= 15 is 0 Å². The zero-order chi connectivity index (χ0) is 27.6. The van der Waals surface area contributed by atoms with Crippen molar-refractivity contribution < 1.29 is 23.9 Å². The molecule has 0 bridgehead atoms. The summed E-state index contributed by atoms with van der Waals surface area (Å²) >= 11 is 0. The summed E-state index contributed by atoms with van der Waals surface area (Å²) in [7, 11) is 3.31. The summed E-state index contributed by atoms with van der Waals surface area (Å²) in [5.74, 6) is -1.12. The summed E-state index contributed by atoms with van der Waals surface area (Å²) in [4.78, 5) is 57.9. The van der Waals surface area contributed by atoms with Crippen molar-refractivity contribution in [3.8, 4) is 0 Å².